The Hall–Kier alpha value is -1.09. The summed E-state index contributed by atoms with van der Waals surface area (Å²) in [7, 11) is 1.42. The van der Waals surface area contributed by atoms with Gasteiger partial charge in [-0.15, -0.1) is 0 Å². The molecule has 0 aromatic heterocycles. The standard InChI is InChI=1S/C17H26O3/c1-11(2)14-13(15(18)20-5)12(3)17(19)10-8-6-7-9-16(14,17)4/h6-7,12-14,19H,1,8-10H2,2-5H3/t12-,13-,14-,16-,17+/m1/s1. The van der Waals surface area contributed by atoms with Crippen LogP contribution in [0.1, 0.15) is 40.0 Å². The van der Waals surface area contributed by atoms with E-state index in [9.17, 15) is 9.90 Å². The van der Waals surface area contributed by atoms with Crippen molar-refractivity contribution in [2.24, 2.45) is 23.2 Å². The van der Waals surface area contributed by atoms with Gasteiger partial charge in [-0.1, -0.05) is 38.2 Å². The van der Waals surface area contributed by atoms with E-state index in [1.807, 2.05) is 13.8 Å². The Morgan fingerprint density at radius 3 is 2.65 bits per heavy atom. The lowest BCUT2D eigenvalue weighted by atomic mass is 9.65. The van der Waals surface area contributed by atoms with E-state index in [1.165, 1.54) is 7.11 Å². The Morgan fingerprint density at radius 1 is 1.45 bits per heavy atom. The predicted molar refractivity (Wildman–Crippen MR) is 79.0 cm³/mol. The Labute approximate surface area is 121 Å². The Morgan fingerprint density at radius 2 is 2.10 bits per heavy atom. The van der Waals surface area contributed by atoms with Crippen molar-refractivity contribution in [1.82, 2.24) is 0 Å². The average molecular weight is 278 g/mol. The van der Waals surface area contributed by atoms with Crippen LogP contribution in [0.15, 0.2) is 24.3 Å². The zero-order chi connectivity index (χ0) is 15.1. The minimum Gasteiger partial charge on any atom is -0.469 e. The van der Waals surface area contributed by atoms with E-state index in [0.717, 1.165) is 18.4 Å². The third-order valence-corrected chi connectivity index (χ3v) is 5.73. The number of carbonyl (C=O) groups is 1. The summed E-state index contributed by atoms with van der Waals surface area (Å²) in [5.41, 5.74) is -0.246. The summed E-state index contributed by atoms with van der Waals surface area (Å²) in [5, 5.41) is 11.4. The summed E-state index contributed by atoms with van der Waals surface area (Å²) in [5.74, 6) is -0.699. The number of carbonyl (C=O) groups excluding carboxylic acids is 1. The molecule has 1 fully saturated rings. The summed E-state index contributed by atoms with van der Waals surface area (Å²) in [4.78, 5) is 12.3. The van der Waals surface area contributed by atoms with Crippen molar-refractivity contribution in [3.05, 3.63) is 24.3 Å². The minimum absolute atomic E-state index is 0.0438. The number of ether oxygens (including phenoxy) is 1. The van der Waals surface area contributed by atoms with Gasteiger partial charge in [0, 0.05) is 11.3 Å². The monoisotopic (exact) mass is 278 g/mol. The molecule has 20 heavy (non-hydrogen) atoms. The zero-order valence-electron chi connectivity index (χ0n) is 13.0. The molecule has 112 valence electrons. The van der Waals surface area contributed by atoms with Crippen molar-refractivity contribution < 1.29 is 14.6 Å². The van der Waals surface area contributed by atoms with Gasteiger partial charge in [0.25, 0.3) is 0 Å². The number of fused-ring (bicyclic) bond motifs is 1. The van der Waals surface area contributed by atoms with E-state index < -0.39 is 5.60 Å². The molecular formula is C17H26O3. The van der Waals surface area contributed by atoms with Crippen molar-refractivity contribution in [3.63, 3.8) is 0 Å². The van der Waals surface area contributed by atoms with Crippen LogP contribution in [-0.4, -0.2) is 23.8 Å². The van der Waals surface area contributed by atoms with Crippen LogP contribution in [0.2, 0.25) is 0 Å². The van der Waals surface area contributed by atoms with Crippen LogP contribution in [0.3, 0.4) is 0 Å². The van der Waals surface area contributed by atoms with Crippen LogP contribution in [-0.2, 0) is 9.53 Å². The number of hydrogen-bond acceptors (Lipinski definition) is 3. The lowest BCUT2D eigenvalue weighted by molar-refractivity contribution is -0.149. The van der Waals surface area contributed by atoms with Gasteiger partial charge in [-0.05, 0) is 32.1 Å². The molecule has 0 radical (unpaired) electrons. The minimum atomic E-state index is -0.848. The van der Waals surface area contributed by atoms with Gasteiger partial charge in [-0.3, -0.25) is 4.79 Å². The van der Waals surface area contributed by atoms with Crippen molar-refractivity contribution >= 4 is 5.97 Å². The second kappa shape index (κ2) is 5.03. The van der Waals surface area contributed by atoms with Crippen molar-refractivity contribution in [2.75, 3.05) is 7.11 Å². The Bertz CT molecular complexity index is 453. The fraction of sp³-hybridized carbons (Fsp3) is 0.706. The van der Waals surface area contributed by atoms with Crippen LogP contribution in [0, 0.1) is 23.2 Å². The summed E-state index contributed by atoms with van der Waals surface area (Å²) in [6.45, 7) is 10.1. The molecule has 0 unspecified atom stereocenters. The lowest BCUT2D eigenvalue weighted by Gasteiger charge is -2.43. The number of esters is 1. The topological polar surface area (TPSA) is 46.5 Å². The molecule has 0 bridgehead atoms. The van der Waals surface area contributed by atoms with Gasteiger partial charge >= 0.3 is 5.97 Å². The first-order valence-corrected chi connectivity index (χ1v) is 7.40. The molecule has 0 aliphatic heterocycles. The van der Waals surface area contributed by atoms with Crippen LogP contribution >= 0.6 is 0 Å². The van der Waals surface area contributed by atoms with Gasteiger partial charge in [0.05, 0.1) is 18.6 Å². The van der Waals surface area contributed by atoms with Crippen molar-refractivity contribution in [1.29, 1.82) is 0 Å². The molecule has 1 saturated carbocycles. The molecule has 0 saturated heterocycles. The number of aliphatic hydroxyl groups is 1. The highest BCUT2D eigenvalue weighted by molar-refractivity contribution is 5.75. The molecule has 1 N–H and O–H groups in total. The molecular weight excluding hydrogens is 252 g/mol. The highest BCUT2D eigenvalue weighted by Gasteiger charge is 2.66. The van der Waals surface area contributed by atoms with Gasteiger partial charge in [0.1, 0.15) is 0 Å². The molecule has 3 heteroatoms. The first-order valence-electron chi connectivity index (χ1n) is 7.40. The van der Waals surface area contributed by atoms with Crippen LogP contribution < -0.4 is 0 Å². The predicted octanol–water partition coefficient (Wildman–Crippen LogP) is 3.10. The summed E-state index contributed by atoms with van der Waals surface area (Å²) in [6.07, 6.45) is 6.60. The molecule has 0 aromatic rings. The maximum Gasteiger partial charge on any atom is 0.309 e. The lowest BCUT2D eigenvalue weighted by Crippen LogP contribution is -2.47. The maximum absolute atomic E-state index is 12.3. The Balaban J connectivity index is 2.56. The second-order valence-corrected chi connectivity index (χ2v) is 6.72. The fourth-order valence-corrected chi connectivity index (χ4v) is 4.66. The van der Waals surface area contributed by atoms with Gasteiger partial charge < -0.3 is 9.84 Å². The van der Waals surface area contributed by atoms with Crippen LogP contribution in [0.5, 0.6) is 0 Å². The number of hydrogen-bond donors (Lipinski definition) is 1. The molecule has 5 atom stereocenters. The molecule has 0 spiro atoms. The van der Waals surface area contributed by atoms with E-state index in [-0.39, 0.29) is 29.1 Å². The number of methoxy groups -OCH3 is 1. The maximum atomic E-state index is 12.3. The molecule has 0 aromatic carbocycles. The average Bonchev–Trinajstić information content (AvgIpc) is 2.51. The first-order chi connectivity index (χ1) is 9.29. The SMILES string of the molecule is C=C(C)[C@@H]1[C@H](C(=O)OC)[C@@H](C)[C@@]2(O)CCC=CC[C@]12C. The zero-order valence-corrected chi connectivity index (χ0v) is 13.0. The number of rotatable bonds is 2. The quantitative estimate of drug-likeness (QED) is 0.623. The van der Waals surface area contributed by atoms with E-state index in [2.05, 4.69) is 25.7 Å². The van der Waals surface area contributed by atoms with Crippen LogP contribution in [0.25, 0.3) is 0 Å². The highest BCUT2D eigenvalue weighted by Crippen LogP contribution is 2.63. The molecule has 2 aliphatic rings. The van der Waals surface area contributed by atoms with Gasteiger partial charge in [-0.25, -0.2) is 0 Å². The fourth-order valence-electron chi connectivity index (χ4n) is 4.66. The van der Waals surface area contributed by atoms with Gasteiger partial charge in [0.15, 0.2) is 0 Å². The smallest absolute Gasteiger partial charge is 0.309 e. The largest absolute Gasteiger partial charge is 0.469 e. The molecule has 2 rings (SSSR count). The number of allylic oxidation sites excluding steroid dienone is 3. The van der Waals surface area contributed by atoms with Crippen molar-refractivity contribution in [2.45, 2.75) is 45.6 Å². The highest BCUT2D eigenvalue weighted by atomic mass is 16.5. The van der Waals surface area contributed by atoms with Crippen LogP contribution in [0.4, 0.5) is 0 Å². The normalized spacial score (nSPS) is 43.8. The Kier molecular flexibility index (Phi) is 3.85. The van der Waals surface area contributed by atoms with Gasteiger partial charge in [-0.2, -0.15) is 0 Å². The van der Waals surface area contributed by atoms with E-state index >= 15 is 0 Å². The van der Waals surface area contributed by atoms with E-state index in [0.29, 0.717) is 6.42 Å². The third-order valence-electron chi connectivity index (χ3n) is 5.73. The molecule has 0 amide bonds. The second-order valence-electron chi connectivity index (χ2n) is 6.72. The molecule has 0 heterocycles. The summed E-state index contributed by atoms with van der Waals surface area (Å²) in [6, 6.07) is 0. The van der Waals surface area contributed by atoms with Crippen molar-refractivity contribution in [3.8, 4) is 0 Å². The van der Waals surface area contributed by atoms with Gasteiger partial charge in [0.2, 0.25) is 0 Å². The third kappa shape index (κ3) is 1.86. The van der Waals surface area contributed by atoms with E-state index in [4.69, 9.17) is 4.74 Å². The molecule has 3 nitrogen and oxygen atoms in total. The first kappa shape index (κ1) is 15.3. The molecule has 2 aliphatic carbocycles. The summed E-state index contributed by atoms with van der Waals surface area (Å²) < 4.78 is 5.00. The summed E-state index contributed by atoms with van der Waals surface area (Å²) >= 11 is 0. The van der Waals surface area contributed by atoms with E-state index in [1.54, 1.807) is 0 Å².